The average molecular weight is 496 g/mol. The first-order chi connectivity index (χ1) is 15.5. The van der Waals surface area contributed by atoms with E-state index < -0.39 is 15.6 Å². The average Bonchev–Trinajstić information content (AvgIpc) is 2.78. The van der Waals surface area contributed by atoms with E-state index in [0.29, 0.717) is 12.8 Å². The van der Waals surface area contributed by atoms with Gasteiger partial charge in [0.2, 0.25) is 5.50 Å². The van der Waals surface area contributed by atoms with Gasteiger partial charge in [0.25, 0.3) is 10.1 Å². The van der Waals surface area contributed by atoms with Crippen molar-refractivity contribution in [2.24, 2.45) is 0 Å². The van der Waals surface area contributed by atoms with Crippen LogP contribution in [0.3, 0.4) is 0 Å². The molecule has 1 unspecified atom stereocenters. The summed E-state index contributed by atoms with van der Waals surface area (Å²) in [6, 6.07) is 0. The summed E-state index contributed by atoms with van der Waals surface area (Å²) in [6.07, 6.45) is 26.5. The zero-order valence-electron chi connectivity index (χ0n) is 22.3. The number of unbranched alkanes of at least 4 members (excludes halogenated alkanes) is 20. The van der Waals surface area contributed by atoms with Crippen molar-refractivity contribution < 1.29 is 17.0 Å². The van der Waals surface area contributed by atoms with Gasteiger partial charge in [-0.3, -0.25) is 4.18 Å². The number of hydrogen-bond donors (Lipinski definition) is 1. The van der Waals surface area contributed by atoms with Crippen LogP contribution in [0.15, 0.2) is 0 Å². The molecule has 33 heavy (non-hydrogen) atoms. The van der Waals surface area contributed by atoms with Crippen LogP contribution in [0.25, 0.3) is 0 Å². The van der Waals surface area contributed by atoms with Gasteiger partial charge in [0, 0.05) is 0 Å². The lowest BCUT2D eigenvalue weighted by Gasteiger charge is -2.10. The summed E-state index contributed by atoms with van der Waals surface area (Å²) in [5.74, 6) is 0. The molecular formula is C27H58FNO3S. The summed E-state index contributed by atoms with van der Waals surface area (Å²) in [7, 11) is -4.05. The van der Waals surface area contributed by atoms with Gasteiger partial charge >= 0.3 is 0 Å². The Balaban J connectivity index is 0. The summed E-state index contributed by atoms with van der Waals surface area (Å²) in [5.41, 5.74) is -1.87. The third kappa shape index (κ3) is 24.7. The number of alkyl halides is 1. The SMILES string of the molecule is CCCCCCCCCCCCCCCCCCOS(=O)(=O)C(F)CCCCCCCC.N. The summed E-state index contributed by atoms with van der Waals surface area (Å²) in [5, 5.41) is 0. The fraction of sp³-hybridized carbons (Fsp3) is 1.00. The lowest BCUT2D eigenvalue weighted by Crippen LogP contribution is -2.19. The van der Waals surface area contributed by atoms with Gasteiger partial charge in [-0.2, -0.15) is 8.42 Å². The van der Waals surface area contributed by atoms with Crippen LogP contribution in [0.5, 0.6) is 0 Å². The smallest absolute Gasteiger partial charge is 0.299 e. The van der Waals surface area contributed by atoms with Crippen LogP contribution in [0, 0.1) is 0 Å². The maximum absolute atomic E-state index is 14.0. The van der Waals surface area contributed by atoms with Crippen molar-refractivity contribution in [3.05, 3.63) is 0 Å². The zero-order valence-corrected chi connectivity index (χ0v) is 23.1. The molecule has 1 atom stereocenters. The Labute approximate surface area is 206 Å². The van der Waals surface area contributed by atoms with Gasteiger partial charge in [-0.05, 0) is 19.3 Å². The molecule has 0 radical (unpaired) electrons. The maximum Gasteiger partial charge on any atom is 0.299 e. The Hall–Kier alpha value is -0.200. The molecule has 202 valence electrons. The van der Waals surface area contributed by atoms with Crippen LogP contribution in [-0.2, 0) is 14.3 Å². The zero-order chi connectivity index (χ0) is 23.8. The summed E-state index contributed by atoms with van der Waals surface area (Å²) >= 11 is 0. The minimum atomic E-state index is -4.05. The number of hydrogen-bond acceptors (Lipinski definition) is 4. The normalized spacial score (nSPS) is 12.6. The predicted molar refractivity (Wildman–Crippen MR) is 142 cm³/mol. The topological polar surface area (TPSA) is 78.4 Å². The van der Waals surface area contributed by atoms with Crippen LogP contribution < -0.4 is 6.15 Å². The highest BCUT2D eigenvalue weighted by Crippen LogP contribution is 2.17. The van der Waals surface area contributed by atoms with Crippen LogP contribution >= 0.6 is 0 Å². The summed E-state index contributed by atoms with van der Waals surface area (Å²) in [6.45, 7) is 4.54. The van der Waals surface area contributed by atoms with Crippen molar-refractivity contribution in [1.82, 2.24) is 6.15 Å². The van der Waals surface area contributed by atoms with Gasteiger partial charge in [0.15, 0.2) is 0 Å². The van der Waals surface area contributed by atoms with E-state index in [9.17, 15) is 12.8 Å². The van der Waals surface area contributed by atoms with Gasteiger partial charge in [0.1, 0.15) is 0 Å². The second kappa shape index (κ2) is 26.4. The molecule has 0 aromatic heterocycles. The number of rotatable bonds is 26. The Morgan fingerprint density at radius 1 is 0.545 bits per heavy atom. The largest absolute Gasteiger partial charge is 0.344 e. The number of halogens is 1. The summed E-state index contributed by atoms with van der Waals surface area (Å²) < 4.78 is 42.6. The molecule has 0 amide bonds. The van der Waals surface area contributed by atoms with Gasteiger partial charge in [-0.1, -0.05) is 142 Å². The van der Waals surface area contributed by atoms with E-state index in [1.54, 1.807) is 0 Å². The third-order valence-electron chi connectivity index (χ3n) is 6.34. The first-order valence-electron chi connectivity index (χ1n) is 14.1. The molecule has 0 saturated carbocycles. The van der Waals surface area contributed by atoms with Crippen LogP contribution in [0.4, 0.5) is 4.39 Å². The molecule has 0 bridgehead atoms. The molecule has 0 spiro atoms. The van der Waals surface area contributed by atoms with Gasteiger partial charge < -0.3 is 6.15 Å². The molecule has 0 fully saturated rings. The second-order valence-electron chi connectivity index (χ2n) is 9.58. The molecule has 0 saturated heterocycles. The van der Waals surface area contributed by atoms with E-state index in [0.717, 1.165) is 32.1 Å². The predicted octanol–water partition coefficient (Wildman–Crippen LogP) is 9.80. The lowest BCUT2D eigenvalue weighted by atomic mass is 10.0. The highest BCUT2D eigenvalue weighted by molar-refractivity contribution is 7.87. The van der Waals surface area contributed by atoms with Crippen molar-refractivity contribution in [3.8, 4) is 0 Å². The molecule has 0 rings (SSSR count). The molecule has 6 heteroatoms. The first kappa shape index (κ1) is 35.0. The van der Waals surface area contributed by atoms with Crippen molar-refractivity contribution in [3.63, 3.8) is 0 Å². The fourth-order valence-corrected chi connectivity index (χ4v) is 5.08. The molecule has 0 aromatic carbocycles. The molecular weight excluding hydrogens is 437 g/mol. The van der Waals surface area contributed by atoms with E-state index in [2.05, 4.69) is 13.8 Å². The third-order valence-corrected chi connectivity index (χ3v) is 7.70. The van der Waals surface area contributed by atoms with Gasteiger partial charge in [0.05, 0.1) is 6.61 Å². The highest BCUT2D eigenvalue weighted by Gasteiger charge is 2.25. The molecule has 4 nitrogen and oxygen atoms in total. The molecule has 3 N–H and O–H groups in total. The van der Waals surface area contributed by atoms with Gasteiger partial charge in [-0.25, -0.2) is 4.39 Å². The van der Waals surface area contributed by atoms with E-state index in [4.69, 9.17) is 4.18 Å². The minimum Gasteiger partial charge on any atom is -0.344 e. The van der Waals surface area contributed by atoms with Crippen molar-refractivity contribution in [2.75, 3.05) is 6.61 Å². The Morgan fingerprint density at radius 3 is 1.21 bits per heavy atom. The maximum atomic E-state index is 14.0. The summed E-state index contributed by atoms with van der Waals surface area (Å²) in [4.78, 5) is 0. The molecule has 0 aliphatic heterocycles. The Kier molecular flexibility index (Phi) is 28.0. The van der Waals surface area contributed by atoms with Crippen LogP contribution in [-0.4, -0.2) is 20.5 Å². The van der Waals surface area contributed by atoms with E-state index in [1.165, 1.54) is 96.3 Å². The van der Waals surface area contributed by atoms with Crippen molar-refractivity contribution >= 4 is 10.1 Å². The standard InChI is InChI=1S/C27H55FO3S.H3N/c1-3-5-7-9-11-12-13-14-15-16-17-18-19-20-22-24-26-31-32(29,30)27(28)25-23-21-10-8-6-4-2;/h27H,3-26H2,1-2H3;1H3. The molecule has 0 heterocycles. The quantitative estimate of drug-likeness (QED) is 0.0956. The highest BCUT2D eigenvalue weighted by atomic mass is 32.2. The van der Waals surface area contributed by atoms with E-state index >= 15 is 0 Å². The Bertz CT molecular complexity index is 474. The van der Waals surface area contributed by atoms with E-state index in [-0.39, 0.29) is 19.2 Å². The molecule has 0 aliphatic carbocycles. The van der Waals surface area contributed by atoms with E-state index in [1.807, 2.05) is 0 Å². The molecule has 0 aliphatic rings. The van der Waals surface area contributed by atoms with Crippen molar-refractivity contribution in [2.45, 2.75) is 167 Å². The minimum absolute atomic E-state index is 0. The lowest BCUT2D eigenvalue weighted by molar-refractivity contribution is 0.270. The first-order valence-corrected chi connectivity index (χ1v) is 15.5. The van der Waals surface area contributed by atoms with Crippen LogP contribution in [0.1, 0.15) is 162 Å². The van der Waals surface area contributed by atoms with Crippen molar-refractivity contribution in [1.29, 1.82) is 0 Å². The monoisotopic (exact) mass is 495 g/mol. The van der Waals surface area contributed by atoms with Gasteiger partial charge in [-0.15, -0.1) is 0 Å². The fourth-order valence-electron chi connectivity index (χ4n) is 4.13. The van der Waals surface area contributed by atoms with Crippen LogP contribution in [0.2, 0.25) is 0 Å². The molecule has 0 aromatic rings. The Morgan fingerprint density at radius 2 is 0.848 bits per heavy atom. The second-order valence-corrected chi connectivity index (χ2v) is 11.3.